The highest BCUT2D eigenvalue weighted by molar-refractivity contribution is 7.90. The van der Waals surface area contributed by atoms with Gasteiger partial charge in [0.15, 0.2) is 15.5 Å². The van der Waals surface area contributed by atoms with Gasteiger partial charge in [-0.1, -0.05) is 36.4 Å². The fourth-order valence-corrected chi connectivity index (χ4v) is 5.31. The number of anilines is 3. The summed E-state index contributed by atoms with van der Waals surface area (Å²) < 4.78 is 29.9. The van der Waals surface area contributed by atoms with Gasteiger partial charge in [0.2, 0.25) is 5.91 Å². The SMILES string of the molecule is COC(=O)C[C@@H](NC(=O)c1cccnn1)c1ccc(NC(=O)Cc2ccc(NC(=O)Nc3ccccc3C)c(S(C)(=O)=O)c2)cc1. The Kier molecular flexibility index (Phi) is 10.8. The first kappa shape index (κ1) is 33.3. The number of carbonyl (C=O) groups excluding carboxylic acids is 4. The van der Waals surface area contributed by atoms with Crippen molar-refractivity contribution < 1.29 is 32.3 Å². The molecule has 0 bridgehead atoms. The third-order valence-electron chi connectivity index (χ3n) is 6.76. The summed E-state index contributed by atoms with van der Waals surface area (Å²) in [5, 5.41) is 18.2. The van der Waals surface area contributed by atoms with Gasteiger partial charge in [-0.15, -0.1) is 5.10 Å². The summed E-state index contributed by atoms with van der Waals surface area (Å²) >= 11 is 0. The monoisotopic (exact) mass is 644 g/mol. The van der Waals surface area contributed by atoms with E-state index in [1.807, 2.05) is 19.1 Å². The van der Waals surface area contributed by atoms with Crippen LogP contribution in [0.25, 0.3) is 0 Å². The minimum Gasteiger partial charge on any atom is -0.469 e. The first-order valence-electron chi connectivity index (χ1n) is 13.9. The number of nitrogens with one attached hydrogen (secondary N) is 4. The number of urea groups is 1. The molecule has 238 valence electrons. The molecule has 0 spiro atoms. The summed E-state index contributed by atoms with van der Waals surface area (Å²) in [7, 11) is -2.53. The predicted molar refractivity (Wildman–Crippen MR) is 171 cm³/mol. The van der Waals surface area contributed by atoms with Crippen molar-refractivity contribution in [3.63, 3.8) is 0 Å². The number of aromatic nitrogens is 2. The average Bonchev–Trinajstić information content (AvgIpc) is 3.02. The third kappa shape index (κ3) is 9.19. The summed E-state index contributed by atoms with van der Waals surface area (Å²) in [6, 6.07) is 19.7. The number of hydrogen-bond donors (Lipinski definition) is 4. The largest absolute Gasteiger partial charge is 0.469 e. The lowest BCUT2D eigenvalue weighted by atomic mass is 10.0. The quantitative estimate of drug-likeness (QED) is 0.175. The molecule has 0 radical (unpaired) electrons. The van der Waals surface area contributed by atoms with Crippen LogP contribution in [-0.4, -0.2) is 55.8 Å². The molecule has 14 heteroatoms. The van der Waals surface area contributed by atoms with Gasteiger partial charge in [-0.2, -0.15) is 5.10 Å². The van der Waals surface area contributed by atoms with Crippen LogP contribution in [0.2, 0.25) is 0 Å². The van der Waals surface area contributed by atoms with Crippen LogP contribution in [0.4, 0.5) is 21.9 Å². The number of sulfone groups is 1. The molecule has 1 aromatic heterocycles. The average molecular weight is 645 g/mol. The minimum absolute atomic E-state index is 0.0706. The van der Waals surface area contributed by atoms with E-state index >= 15 is 0 Å². The maximum Gasteiger partial charge on any atom is 0.323 e. The summed E-state index contributed by atoms with van der Waals surface area (Å²) in [4.78, 5) is 50.0. The molecule has 0 aliphatic heterocycles. The summed E-state index contributed by atoms with van der Waals surface area (Å²) in [6.07, 6.45) is 2.15. The lowest BCUT2D eigenvalue weighted by Crippen LogP contribution is -2.31. The van der Waals surface area contributed by atoms with Crippen LogP contribution in [0.15, 0.2) is 90.0 Å². The van der Waals surface area contributed by atoms with E-state index < -0.39 is 39.7 Å². The molecule has 4 N–H and O–H groups in total. The van der Waals surface area contributed by atoms with Crippen LogP contribution >= 0.6 is 0 Å². The number of amides is 4. The van der Waals surface area contributed by atoms with Crippen LogP contribution in [-0.2, 0) is 30.6 Å². The molecule has 13 nitrogen and oxygen atoms in total. The number of carbonyl (C=O) groups is 4. The lowest BCUT2D eigenvalue weighted by molar-refractivity contribution is -0.141. The Hall–Kier alpha value is -5.63. The second-order valence-electron chi connectivity index (χ2n) is 10.3. The Morgan fingerprint density at radius 3 is 2.24 bits per heavy atom. The zero-order valence-electron chi connectivity index (χ0n) is 25.2. The molecular formula is C32H32N6O7S. The highest BCUT2D eigenvalue weighted by Crippen LogP contribution is 2.25. The molecule has 46 heavy (non-hydrogen) atoms. The topological polar surface area (TPSA) is 186 Å². The number of aryl methyl sites for hydroxylation is 1. The Morgan fingerprint density at radius 1 is 0.870 bits per heavy atom. The van der Waals surface area contributed by atoms with Crippen LogP contribution in [0.5, 0.6) is 0 Å². The second-order valence-corrected chi connectivity index (χ2v) is 12.2. The minimum atomic E-state index is -3.77. The maximum absolute atomic E-state index is 12.9. The molecule has 4 aromatic rings. The van der Waals surface area contributed by atoms with E-state index in [1.165, 1.54) is 31.5 Å². The summed E-state index contributed by atoms with van der Waals surface area (Å²) in [5.41, 5.74) is 2.98. The first-order valence-corrected chi connectivity index (χ1v) is 15.8. The van der Waals surface area contributed by atoms with E-state index in [-0.39, 0.29) is 29.1 Å². The van der Waals surface area contributed by atoms with Gasteiger partial charge >= 0.3 is 12.0 Å². The molecule has 1 heterocycles. The maximum atomic E-state index is 12.9. The number of nitrogens with zero attached hydrogens (tertiary/aromatic N) is 2. The molecule has 0 aliphatic rings. The van der Waals surface area contributed by atoms with Crippen molar-refractivity contribution in [3.05, 3.63) is 107 Å². The van der Waals surface area contributed by atoms with E-state index in [0.717, 1.165) is 11.8 Å². The predicted octanol–water partition coefficient (Wildman–Crippen LogP) is 4.05. The Labute approximate surface area is 265 Å². The highest BCUT2D eigenvalue weighted by Gasteiger charge is 2.21. The summed E-state index contributed by atoms with van der Waals surface area (Å²) in [5.74, 6) is -1.49. The number of methoxy groups -OCH3 is 1. The number of rotatable bonds is 11. The van der Waals surface area contributed by atoms with E-state index in [1.54, 1.807) is 48.5 Å². The van der Waals surface area contributed by atoms with Crippen LogP contribution in [0.3, 0.4) is 0 Å². The van der Waals surface area contributed by atoms with Gasteiger partial charge in [-0.25, -0.2) is 13.2 Å². The van der Waals surface area contributed by atoms with Crippen LogP contribution in [0, 0.1) is 6.92 Å². The zero-order valence-corrected chi connectivity index (χ0v) is 26.1. The molecule has 4 amide bonds. The van der Waals surface area contributed by atoms with Gasteiger partial charge in [-0.3, -0.25) is 14.4 Å². The van der Waals surface area contributed by atoms with Crippen molar-refractivity contribution in [2.75, 3.05) is 29.3 Å². The second kappa shape index (κ2) is 14.9. The number of hydrogen-bond acceptors (Lipinski definition) is 9. The van der Waals surface area contributed by atoms with Crippen molar-refractivity contribution in [3.8, 4) is 0 Å². The smallest absolute Gasteiger partial charge is 0.323 e. The van der Waals surface area contributed by atoms with Crippen LogP contribution < -0.4 is 21.3 Å². The Bertz CT molecular complexity index is 1850. The normalized spacial score (nSPS) is 11.5. The molecule has 4 rings (SSSR count). The van der Waals surface area contributed by atoms with E-state index in [9.17, 15) is 27.6 Å². The zero-order chi connectivity index (χ0) is 33.3. The lowest BCUT2D eigenvalue weighted by Gasteiger charge is -2.18. The summed E-state index contributed by atoms with van der Waals surface area (Å²) in [6.45, 7) is 1.83. The van der Waals surface area contributed by atoms with E-state index in [2.05, 4.69) is 31.5 Å². The van der Waals surface area contributed by atoms with E-state index in [0.29, 0.717) is 22.5 Å². The third-order valence-corrected chi connectivity index (χ3v) is 7.89. The number of ether oxygens (including phenoxy) is 1. The van der Waals surface area contributed by atoms with Crippen molar-refractivity contribution >= 4 is 50.7 Å². The van der Waals surface area contributed by atoms with Crippen molar-refractivity contribution in [2.24, 2.45) is 0 Å². The number of esters is 1. The first-order chi connectivity index (χ1) is 21.9. The molecule has 3 aromatic carbocycles. The van der Waals surface area contributed by atoms with Gasteiger partial charge in [0, 0.05) is 23.8 Å². The fraction of sp³-hybridized carbons (Fsp3) is 0.188. The van der Waals surface area contributed by atoms with Crippen molar-refractivity contribution in [1.82, 2.24) is 15.5 Å². The van der Waals surface area contributed by atoms with Crippen molar-refractivity contribution in [2.45, 2.75) is 30.7 Å². The van der Waals surface area contributed by atoms with E-state index in [4.69, 9.17) is 4.74 Å². The Balaban J connectivity index is 1.43. The van der Waals surface area contributed by atoms with Gasteiger partial charge in [0.25, 0.3) is 5.91 Å². The molecule has 0 saturated heterocycles. The number of para-hydroxylation sites is 1. The van der Waals surface area contributed by atoms with Gasteiger partial charge in [0.05, 0.1) is 36.6 Å². The van der Waals surface area contributed by atoms with Gasteiger partial charge in [0.1, 0.15) is 0 Å². The van der Waals surface area contributed by atoms with Crippen molar-refractivity contribution in [1.29, 1.82) is 0 Å². The molecular weight excluding hydrogens is 612 g/mol. The van der Waals surface area contributed by atoms with Gasteiger partial charge in [-0.05, 0) is 66.1 Å². The standard InChI is InChI=1S/C32H32N6O7S/c1-20-7-4-5-8-24(20)36-32(42)37-25-15-10-21(17-28(25)46(3,43)44)18-29(39)34-23-13-11-22(12-14-23)27(19-30(40)45-2)35-31(41)26-9-6-16-33-38-26/h4-17,27H,18-19H2,1-3H3,(H,34,39)(H,35,41)(H2,36,37,42)/t27-/m1/s1. The fourth-order valence-electron chi connectivity index (χ4n) is 4.42. The molecule has 1 atom stereocenters. The molecule has 0 aliphatic carbocycles. The van der Waals surface area contributed by atoms with Crippen LogP contribution in [0.1, 0.15) is 39.6 Å². The number of benzene rings is 3. The van der Waals surface area contributed by atoms with Gasteiger partial charge < -0.3 is 26.0 Å². The highest BCUT2D eigenvalue weighted by atomic mass is 32.2. The molecule has 0 unspecified atom stereocenters. The molecule has 0 saturated carbocycles. The molecule has 0 fully saturated rings. The Morgan fingerprint density at radius 2 is 1.59 bits per heavy atom.